The Morgan fingerprint density at radius 1 is 0.914 bits per heavy atom. The molecule has 0 saturated carbocycles. The lowest BCUT2D eigenvalue weighted by atomic mass is 10.0. The number of ether oxygens (including phenoxy) is 2. The normalized spacial score (nSPS) is 16.4. The lowest BCUT2D eigenvalue weighted by Crippen LogP contribution is -2.49. The monoisotopic (exact) mass is 476 g/mol. The van der Waals surface area contributed by atoms with Crippen LogP contribution in [0.5, 0.6) is 5.75 Å². The third kappa shape index (κ3) is 4.59. The molecule has 2 heterocycles. The number of nitro benzene ring substituents is 1. The molecule has 0 atom stereocenters. The summed E-state index contributed by atoms with van der Waals surface area (Å²) in [6.45, 7) is 4.75. The van der Waals surface area contributed by atoms with Gasteiger partial charge in [0, 0.05) is 51.0 Å². The number of carbonyl (C=O) groups excluding carboxylic acids is 1. The Morgan fingerprint density at radius 2 is 1.60 bits per heavy atom. The molecule has 0 unspecified atom stereocenters. The standard InChI is InChI=1S/C26H28N4O5/c1-34-25-17-20-5-3-2-4-19(20)16-22(25)26(31)29-10-8-27(9-11-29)21-6-7-23(30(32)33)24(18-21)28-12-14-35-15-13-28/h2-7,16-18H,8-15H2,1H3. The molecule has 2 saturated heterocycles. The van der Waals surface area contributed by atoms with Crippen molar-refractivity contribution in [3.63, 3.8) is 0 Å². The van der Waals surface area contributed by atoms with Crippen LogP contribution in [0.3, 0.4) is 0 Å². The first-order valence-electron chi connectivity index (χ1n) is 11.8. The lowest BCUT2D eigenvalue weighted by Gasteiger charge is -2.37. The molecule has 2 fully saturated rings. The molecule has 3 aromatic rings. The van der Waals surface area contributed by atoms with Gasteiger partial charge in [0.2, 0.25) is 0 Å². The van der Waals surface area contributed by atoms with E-state index >= 15 is 0 Å². The maximum atomic E-state index is 13.4. The van der Waals surface area contributed by atoms with E-state index in [2.05, 4.69) is 4.90 Å². The van der Waals surface area contributed by atoms with Crippen molar-refractivity contribution in [1.82, 2.24) is 4.90 Å². The van der Waals surface area contributed by atoms with E-state index in [4.69, 9.17) is 9.47 Å². The SMILES string of the molecule is COc1cc2ccccc2cc1C(=O)N1CCN(c2ccc([N+](=O)[O-])c(N3CCOCC3)c2)CC1. The van der Waals surface area contributed by atoms with E-state index in [0.29, 0.717) is 69.5 Å². The van der Waals surface area contributed by atoms with Crippen LogP contribution in [-0.2, 0) is 4.74 Å². The van der Waals surface area contributed by atoms with Crippen molar-refractivity contribution in [3.8, 4) is 5.75 Å². The first-order valence-corrected chi connectivity index (χ1v) is 11.8. The smallest absolute Gasteiger partial charge is 0.292 e. The Balaban J connectivity index is 1.33. The Morgan fingerprint density at radius 3 is 2.26 bits per heavy atom. The molecule has 9 nitrogen and oxygen atoms in total. The summed E-state index contributed by atoms with van der Waals surface area (Å²) in [6, 6.07) is 17.0. The van der Waals surface area contributed by atoms with E-state index in [0.717, 1.165) is 16.5 Å². The maximum Gasteiger partial charge on any atom is 0.292 e. The number of anilines is 2. The van der Waals surface area contributed by atoms with E-state index in [1.165, 1.54) is 0 Å². The van der Waals surface area contributed by atoms with E-state index in [1.54, 1.807) is 19.2 Å². The molecule has 0 N–H and O–H groups in total. The topological polar surface area (TPSA) is 88.4 Å². The second kappa shape index (κ2) is 9.79. The average molecular weight is 477 g/mol. The zero-order valence-electron chi connectivity index (χ0n) is 19.7. The third-order valence-corrected chi connectivity index (χ3v) is 6.74. The summed E-state index contributed by atoms with van der Waals surface area (Å²) in [5.41, 5.74) is 2.21. The minimum atomic E-state index is -0.331. The highest BCUT2D eigenvalue weighted by atomic mass is 16.6. The summed E-state index contributed by atoms with van der Waals surface area (Å²) in [7, 11) is 1.58. The van der Waals surface area contributed by atoms with Crippen molar-refractivity contribution in [2.45, 2.75) is 0 Å². The van der Waals surface area contributed by atoms with Crippen LogP contribution in [0.4, 0.5) is 17.1 Å². The first kappa shape index (κ1) is 22.9. The number of hydrogen-bond acceptors (Lipinski definition) is 7. The van der Waals surface area contributed by atoms with Crippen molar-refractivity contribution in [3.05, 3.63) is 70.3 Å². The highest BCUT2D eigenvalue weighted by molar-refractivity contribution is 6.01. The van der Waals surface area contributed by atoms with E-state index < -0.39 is 0 Å². The van der Waals surface area contributed by atoms with Gasteiger partial charge in [0.15, 0.2) is 0 Å². The summed E-state index contributed by atoms with van der Waals surface area (Å²) < 4.78 is 10.9. The Hall–Kier alpha value is -3.85. The van der Waals surface area contributed by atoms with E-state index in [1.807, 2.05) is 52.3 Å². The van der Waals surface area contributed by atoms with Crippen LogP contribution < -0.4 is 14.5 Å². The molecule has 0 bridgehead atoms. The van der Waals surface area contributed by atoms with Gasteiger partial charge >= 0.3 is 0 Å². The van der Waals surface area contributed by atoms with Crippen molar-refractivity contribution in [1.29, 1.82) is 0 Å². The van der Waals surface area contributed by atoms with Crippen LogP contribution in [0.2, 0.25) is 0 Å². The van der Waals surface area contributed by atoms with Crippen LogP contribution >= 0.6 is 0 Å². The minimum absolute atomic E-state index is 0.0510. The number of morpholine rings is 1. The molecule has 5 rings (SSSR count). The van der Waals surface area contributed by atoms with E-state index in [-0.39, 0.29) is 16.5 Å². The molecule has 35 heavy (non-hydrogen) atoms. The average Bonchev–Trinajstić information content (AvgIpc) is 2.92. The summed E-state index contributed by atoms with van der Waals surface area (Å²) >= 11 is 0. The summed E-state index contributed by atoms with van der Waals surface area (Å²) in [4.78, 5) is 30.7. The van der Waals surface area contributed by atoms with Gasteiger partial charge in [0.1, 0.15) is 11.4 Å². The highest BCUT2D eigenvalue weighted by Gasteiger charge is 2.27. The van der Waals surface area contributed by atoms with Gasteiger partial charge in [-0.15, -0.1) is 0 Å². The molecule has 2 aliphatic rings. The summed E-state index contributed by atoms with van der Waals surface area (Å²) in [5, 5.41) is 13.6. The number of piperazine rings is 1. The van der Waals surface area contributed by atoms with Crippen molar-refractivity contribution in [2.75, 3.05) is 69.4 Å². The van der Waals surface area contributed by atoms with Crippen LogP contribution in [0.1, 0.15) is 10.4 Å². The third-order valence-electron chi connectivity index (χ3n) is 6.74. The number of amides is 1. The minimum Gasteiger partial charge on any atom is -0.496 e. The number of fused-ring (bicyclic) bond motifs is 1. The van der Waals surface area contributed by atoms with Gasteiger partial charge in [-0.1, -0.05) is 24.3 Å². The number of benzene rings is 3. The number of nitro groups is 1. The van der Waals surface area contributed by atoms with Crippen LogP contribution in [0, 0.1) is 10.1 Å². The van der Waals surface area contributed by atoms with Gasteiger partial charge in [0.05, 0.1) is 30.8 Å². The molecule has 3 aromatic carbocycles. The second-order valence-corrected chi connectivity index (χ2v) is 8.71. The Bertz CT molecular complexity index is 1250. The fraction of sp³-hybridized carbons (Fsp3) is 0.346. The molecule has 0 aliphatic carbocycles. The molecule has 9 heteroatoms. The molecular formula is C26H28N4O5. The largest absolute Gasteiger partial charge is 0.496 e. The first-order chi connectivity index (χ1) is 17.0. The van der Waals surface area contributed by atoms with Gasteiger partial charge in [0.25, 0.3) is 11.6 Å². The quantitative estimate of drug-likeness (QED) is 0.411. The molecule has 182 valence electrons. The van der Waals surface area contributed by atoms with Gasteiger partial charge in [-0.25, -0.2) is 0 Å². The van der Waals surface area contributed by atoms with Crippen molar-refractivity contribution < 1.29 is 19.2 Å². The lowest BCUT2D eigenvalue weighted by molar-refractivity contribution is -0.384. The molecule has 0 aromatic heterocycles. The zero-order chi connectivity index (χ0) is 24.4. The predicted molar refractivity (Wildman–Crippen MR) is 135 cm³/mol. The zero-order valence-corrected chi connectivity index (χ0v) is 19.7. The maximum absolute atomic E-state index is 13.4. The van der Waals surface area contributed by atoms with Gasteiger partial charge in [-0.2, -0.15) is 0 Å². The Kier molecular flexibility index (Phi) is 6.41. The highest BCUT2D eigenvalue weighted by Crippen LogP contribution is 2.34. The van der Waals surface area contributed by atoms with Crippen LogP contribution in [0.25, 0.3) is 10.8 Å². The fourth-order valence-corrected chi connectivity index (χ4v) is 4.81. The predicted octanol–water partition coefficient (Wildman–Crippen LogP) is 3.56. The Labute approximate surface area is 203 Å². The number of carbonyl (C=O) groups is 1. The number of nitrogens with zero attached hydrogens (tertiary/aromatic N) is 4. The van der Waals surface area contributed by atoms with Crippen LogP contribution in [0.15, 0.2) is 54.6 Å². The van der Waals surface area contributed by atoms with Crippen LogP contribution in [-0.4, -0.2) is 75.3 Å². The molecule has 0 spiro atoms. The summed E-state index contributed by atoms with van der Waals surface area (Å²) in [6.07, 6.45) is 0. The second-order valence-electron chi connectivity index (χ2n) is 8.71. The van der Waals surface area contributed by atoms with Crippen molar-refractivity contribution in [2.24, 2.45) is 0 Å². The molecule has 2 aliphatic heterocycles. The molecular weight excluding hydrogens is 448 g/mol. The molecule has 1 amide bonds. The summed E-state index contributed by atoms with van der Waals surface area (Å²) in [5.74, 6) is 0.520. The fourth-order valence-electron chi connectivity index (χ4n) is 4.81. The van der Waals surface area contributed by atoms with Gasteiger partial charge in [-0.05, 0) is 35.0 Å². The number of hydrogen-bond donors (Lipinski definition) is 0. The van der Waals surface area contributed by atoms with Crippen molar-refractivity contribution >= 4 is 33.7 Å². The van der Waals surface area contributed by atoms with Gasteiger partial charge in [-0.3, -0.25) is 14.9 Å². The van der Waals surface area contributed by atoms with E-state index in [9.17, 15) is 14.9 Å². The van der Waals surface area contributed by atoms with Gasteiger partial charge < -0.3 is 24.2 Å². The molecule has 0 radical (unpaired) electrons. The number of methoxy groups -OCH3 is 1. The number of rotatable bonds is 5.